The highest BCUT2D eigenvalue weighted by Crippen LogP contribution is 2.52. The highest BCUT2D eigenvalue weighted by molar-refractivity contribution is 6.61. The van der Waals surface area contributed by atoms with E-state index in [0.29, 0.717) is 36.0 Å². The number of amides is 3. The fraction of sp³-hybridized carbons (Fsp3) is 0.909. The van der Waals surface area contributed by atoms with E-state index < -0.39 is 18.8 Å². The number of carbonyl (C=O) groups is 4. The van der Waals surface area contributed by atoms with Crippen molar-refractivity contribution < 1.29 is 46.9 Å². The molecule has 1 N–H and O–H groups in total. The van der Waals surface area contributed by atoms with Crippen molar-refractivity contribution in [2.75, 3.05) is 105 Å². The van der Waals surface area contributed by atoms with E-state index in [1.165, 1.54) is 77.4 Å². The molecule has 6 saturated heterocycles. The zero-order valence-electron chi connectivity index (χ0n) is 37.2. The largest absolute Gasteiger partial charge is 0.451 e. The van der Waals surface area contributed by atoms with Gasteiger partial charge in [0.2, 0.25) is 0 Å². The Kier molecular flexibility index (Phi) is 19.8. The first-order valence-corrected chi connectivity index (χ1v) is 23.8. The van der Waals surface area contributed by atoms with Gasteiger partial charge in [-0.2, -0.15) is 0 Å². The van der Waals surface area contributed by atoms with Crippen LogP contribution in [0.1, 0.15) is 104 Å². The smallest absolute Gasteiger partial charge is 0.410 e. The number of alkyl halides is 2. The number of nitrogens with one attached hydrogen (secondary N) is 1. The van der Waals surface area contributed by atoms with Crippen molar-refractivity contribution in [1.82, 2.24) is 29.8 Å². The fourth-order valence-corrected chi connectivity index (χ4v) is 12.1. The molecule has 8 aliphatic rings. The highest BCUT2D eigenvalue weighted by atomic mass is 35.5. The molecular weight excluding hydrogens is 849 g/mol. The number of ether oxygens (including phenoxy) is 4. The minimum Gasteiger partial charge on any atom is -0.451 e. The van der Waals surface area contributed by atoms with Crippen LogP contribution in [0.25, 0.3) is 0 Å². The number of likely N-dealkylation sites (tertiary alicyclic amines) is 5. The Hall–Kier alpha value is -2.40. The molecule has 2 aliphatic carbocycles. The van der Waals surface area contributed by atoms with Crippen LogP contribution in [0, 0.1) is 22.7 Å². The molecule has 0 aromatic heterocycles. The number of rotatable bonds is 10. The van der Waals surface area contributed by atoms with E-state index in [-0.39, 0.29) is 49.9 Å². The van der Waals surface area contributed by atoms with Crippen LogP contribution in [0.5, 0.6) is 0 Å². The van der Waals surface area contributed by atoms with Crippen molar-refractivity contribution in [2.45, 2.75) is 128 Å². The second-order valence-corrected chi connectivity index (χ2v) is 19.1. The number of halogens is 4. The number of hydrogen-bond acceptors (Lipinski definition) is 11. The first kappa shape index (κ1) is 50.6. The maximum atomic E-state index is 12.3. The van der Waals surface area contributed by atoms with Gasteiger partial charge in [0.1, 0.15) is 26.6 Å². The Morgan fingerprint density at radius 2 is 1.13 bits per heavy atom. The van der Waals surface area contributed by atoms with Crippen molar-refractivity contribution in [1.29, 1.82) is 0 Å². The molecule has 2 spiro atoms. The minimum atomic E-state index is -0.961. The molecule has 0 radical (unpaired) electrons. The van der Waals surface area contributed by atoms with Gasteiger partial charge in [0.05, 0.1) is 13.2 Å². The summed E-state index contributed by atoms with van der Waals surface area (Å²) in [6.07, 6.45) is 16.3. The van der Waals surface area contributed by atoms with Crippen molar-refractivity contribution in [2.24, 2.45) is 22.7 Å². The van der Waals surface area contributed by atoms with Gasteiger partial charge in [0.25, 0.3) is 0 Å². The van der Waals surface area contributed by atoms with E-state index >= 15 is 0 Å². The molecule has 2 unspecified atom stereocenters. The summed E-state index contributed by atoms with van der Waals surface area (Å²) in [7, 11) is 0. The molecule has 18 heteroatoms. The summed E-state index contributed by atoms with van der Waals surface area (Å²) in [5, 5.41) is 3.70. The van der Waals surface area contributed by atoms with E-state index in [0.717, 1.165) is 95.9 Å². The molecule has 356 valence electrons. The zero-order chi connectivity index (χ0) is 43.4. The lowest BCUT2D eigenvalue weighted by atomic mass is 9.64. The molecule has 8 fully saturated rings. The van der Waals surface area contributed by atoms with Gasteiger partial charge in [0.15, 0.2) is 0 Å². The molecule has 2 atom stereocenters. The van der Waals surface area contributed by atoms with Crippen LogP contribution in [0.15, 0.2) is 0 Å². The summed E-state index contributed by atoms with van der Waals surface area (Å²) in [5.41, 5.74) is -0.254. The summed E-state index contributed by atoms with van der Waals surface area (Å²) in [6, 6.07) is 2.44. The molecule has 6 heterocycles. The predicted octanol–water partition coefficient (Wildman–Crippen LogP) is 7.49. The molecule has 0 aromatic carbocycles. The molecule has 2 saturated carbocycles. The van der Waals surface area contributed by atoms with Gasteiger partial charge in [-0.1, -0.05) is 0 Å². The third-order valence-electron chi connectivity index (χ3n) is 15.1. The third kappa shape index (κ3) is 13.1. The molecule has 8 rings (SSSR count). The summed E-state index contributed by atoms with van der Waals surface area (Å²) >= 11 is 4.63. The van der Waals surface area contributed by atoms with Gasteiger partial charge in [-0.25, -0.2) is 28.0 Å². The highest BCUT2D eigenvalue weighted by Gasteiger charge is 2.53. The molecule has 14 nitrogen and oxygen atoms in total. The van der Waals surface area contributed by atoms with Gasteiger partial charge >= 0.3 is 23.7 Å². The topological polar surface area (TPSA) is 133 Å². The van der Waals surface area contributed by atoms with Gasteiger partial charge in [-0.05, 0) is 159 Å². The van der Waals surface area contributed by atoms with Crippen LogP contribution in [0.4, 0.5) is 28.0 Å². The van der Waals surface area contributed by atoms with Gasteiger partial charge in [-0.15, -0.1) is 12.4 Å². The third-order valence-corrected chi connectivity index (χ3v) is 15.2. The normalized spacial score (nSPS) is 31.3. The zero-order valence-corrected chi connectivity index (χ0v) is 38.8. The van der Waals surface area contributed by atoms with Crippen LogP contribution in [-0.2, 0) is 18.9 Å². The number of piperidine rings is 2. The van der Waals surface area contributed by atoms with Crippen LogP contribution < -0.4 is 5.32 Å². The molecule has 6 aliphatic heterocycles. The summed E-state index contributed by atoms with van der Waals surface area (Å²) in [4.78, 5) is 56.7. The second kappa shape index (κ2) is 24.2. The van der Waals surface area contributed by atoms with E-state index in [9.17, 15) is 28.0 Å². The monoisotopic (exact) mass is 922 g/mol. The maximum Gasteiger partial charge on any atom is 0.410 e. The number of carbonyl (C=O) groups excluding carboxylic acids is 4. The number of hydrogen-bond donors (Lipinski definition) is 1. The second-order valence-electron chi connectivity index (χ2n) is 18.8. The molecule has 0 bridgehead atoms. The fourth-order valence-electron chi connectivity index (χ4n) is 12.0. The van der Waals surface area contributed by atoms with E-state index in [4.69, 9.17) is 14.2 Å². The van der Waals surface area contributed by atoms with E-state index in [1.54, 1.807) is 0 Å². The Morgan fingerprint density at radius 1 is 0.629 bits per heavy atom. The van der Waals surface area contributed by atoms with Crippen molar-refractivity contribution in [3.8, 4) is 0 Å². The lowest BCUT2D eigenvalue weighted by Gasteiger charge is -2.52. The molecule has 3 amide bonds. The average Bonchev–Trinajstić information content (AvgIpc) is 4.09. The Morgan fingerprint density at radius 3 is 1.56 bits per heavy atom. The van der Waals surface area contributed by atoms with Gasteiger partial charge in [-0.3, -0.25) is 0 Å². The van der Waals surface area contributed by atoms with Gasteiger partial charge in [0, 0.05) is 68.5 Å². The Balaban J connectivity index is 0.000000204. The molecular formula is C44H74Cl2F2N6O8. The quantitative estimate of drug-likeness (QED) is 0.173. The molecule has 62 heavy (non-hydrogen) atoms. The van der Waals surface area contributed by atoms with Crippen LogP contribution >= 0.6 is 24.0 Å². The predicted molar refractivity (Wildman–Crippen MR) is 234 cm³/mol. The summed E-state index contributed by atoms with van der Waals surface area (Å²) < 4.78 is 42.7. The first-order chi connectivity index (χ1) is 29.5. The maximum absolute atomic E-state index is 12.3. The van der Waals surface area contributed by atoms with Crippen molar-refractivity contribution in [3.63, 3.8) is 0 Å². The summed E-state index contributed by atoms with van der Waals surface area (Å²) in [5.74, 6) is 1.42. The SMILES string of the molecule is CCOC(=O)N1CCC2(CC(N3CCC(C4CCCN4)CC3)C2)C1.CCOC(=O)N1CCC2(CC(N3CCC(C4CCCN4C(=O)OCCF)CC3)C2)C1.Cl.O=C(Cl)OCCF. The number of nitrogens with zero attached hydrogens (tertiary/aromatic N) is 5. The van der Waals surface area contributed by atoms with Gasteiger partial charge < -0.3 is 48.8 Å². The minimum absolute atomic E-state index is 0. The van der Waals surface area contributed by atoms with Crippen LogP contribution in [-0.4, -0.2) is 178 Å². The van der Waals surface area contributed by atoms with Crippen LogP contribution in [0.2, 0.25) is 0 Å². The lowest BCUT2D eigenvalue weighted by Crippen LogP contribution is -2.55. The lowest BCUT2D eigenvalue weighted by molar-refractivity contribution is -0.0160. The Labute approximate surface area is 379 Å². The van der Waals surface area contributed by atoms with Crippen molar-refractivity contribution in [3.05, 3.63) is 0 Å². The first-order valence-electron chi connectivity index (χ1n) is 23.4. The van der Waals surface area contributed by atoms with Crippen molar-refractivity contribution >= 4 is 47.7 Å². The summed E-state index contributed by atoms with van der Waals surface area (Å²) in [6.45, 7) is 13.1. The standard InChI is InChI=1S/C22H36FN3O4.C19H33N3O2.C3H4ClFO2.ClH/c1-2-29-20(27)25-12-7-22(16-25)14-18(15-22)24-10-5-17(6-11-24)19-4-3-9-26(19)21(28)30-13-8-23;1-2-24-18(23)22-11-7-19(14-22)12-16(13-19)21-9-5-15(6-10-21)17-4-3-8-20-17;4-3(6)7-2-1-5;/h17-19H,2-16H2,1H3;15-17,20H,2-14H2,1H3;1-2H2;1H. The van der Waals surface area contributed by atoms with Crippen LogP contribution in [0.3, 0.4) is 0 Å². The van der Waals surface area contributed by atoms with E-state index in [1.807, 2.05) is 28.5 Å². The average molecular weight is 924 g/mol. The van der Waals surface area contributed by atoms with E-state index in [2.05, 4.69) is 31.5 Å². The Bertz CT molecular complexity index is 1430. The molecule has 0 aromatic rings.